The molecule has 2 fully saturated rings. The Bertz CT molecular complexity index is 690. The van der Waals surface area contributed by atoms with Crippen LogP contribution in [0.5, 0.6) is 0 Å². The molecule has 31 heavy (non-hydrogen) atoms. The fourth-order valence-corrected chi connectivity index (χ4v) is 5.05. The highest BCUT2D eigenvalue weighted by Crippen LogP contribution is 2.28. The van der Waals surface area contributed by atoms with Gasteiger partial charge in [0, 0.05) is 30.4 Å². The van der Waals surface area contributed by atoms with Crippen LogP contribution in [-0.2, 0) is 16.1 Å². The number of rotatable bonds is 8. The zero-order valence-corrected chi connectivity index (χ0v) is 19.7. The third-order valence-corrected chi connectivity index (χ3v) is 7.06. The van der Waals surface area contributed by atoms with Crippen LogP contribution in [0, 0.1) is 17.8 Å². The van der Waals surface area contributed by atoms with Gasteiger partial charge in [0.15, 0.2) is 0 Å². The van der Waals surface area contributed by atoms with E-state index in [4.69, 9.17) is 0 Å². The summed E-state index contributed by atoms with van der Waals surface area (Å²) in [5, 5.41) is 6.36. The number of benzene rings is 1. The standard InChI is InChI=1S/C26H41N3O2/c1-19(2)17-24(28-25(30)22-11-9-20(3)10-12-22)26(31)27-23-13-15-29(16-14-23)18-21-7-5-4-6-8-21/h4-8,19-20,22-24H,9-18H2,1-3H3,(H,27,31)(H,28,30)/p+1/t20?,22?,24-/m1/s1. The van der Waals surface area contributed by atoms with Crippen LogP contribution in [0.25, 0.3) is 0 Å². The summed E-state index contributed by atoms with van der Waals surface area (Å²) < 4.78 is 0. The number of hydrogen-bond donors (Lipinski definition) is 3. The fourth-order valence-electron chi connectivity index (χ4n) is 5.05. The number of hydrogen-bond acceptors (Lipinski definition) is 2. The Balaban J connectivity index is 1.47. The normalized spacial score (nSPS) is 27.5. The Morgan fingerprint density at radius 2 is 1.65 bits per heavy atom. The SMILES string of the molecule is CC(C)C[C@@H](NC(=O)C1CCC(C)CC1)C(=O)NC1CC[NH+](Cc2ccccc2)CC1. The molecule has 3 rings (SSSR count). The highest BCUT2D eigenvalue weighted by molar-refractivity contribution is 5.88. The van der Waals surface area contributed by atoms with Gasteiger partial charge in [0.05, 0.1) is 13.1 Å². The van der Waals surface area contributed by atoms with Crippen molar-refractivity contribution in [1.29, 1.82) is 0 Å². The molecule has 172 valence electrons. The monoisotopic (exact) mass is 428 g/mol. The molecular formula is C26H42N3O2+. The summed E-state index contributed by atoms with van der Waals surface area (Å²) in [7, 11) is 0. The Hall–Kier alpha value is -1.88. The van der Waals surface area contributed by atoms with E-state index in [0.29, 0.717) is 18.3 Å². The second-order valence-electron chi connectivity index (χ2n) is 10.3. The van der Waals surface area contributed by atoms with Gasteiger partial charge in [0.2, 0.25) is 11.8 Å². The van der Waals surface area contributed by atoms with Crippen molar-refractivity contribution < 1.29 is 14.5 Å². The lowest BCUT2D eigenvalue weighted by Gasteiger charge is -2.32. The van der Waals surface area contributed by atoms with Crippen LogP contribution in [0.2, 0.25) is 0 Å². The quantitative estimate of drug-likeness (QED) is 0.596. The van der Waals surface area contributed by atoms with Crippen molar-refractivity contribution in [3.63, 3.8) is 0 Å². The number of carbonyl (C=O) groups is 2. The summed E-state index contributed by atoms with van der Waals surface area (Å²) in [6.45, 7) is 9.67. The minimum absolute atomic E-state index is 0.00253. The second kappa shape index (κ2) is 11.7. The molecule has 2 amide bonds. The first-order valence-corrected chi connectivity index (χ1v) is 12.4. The summed E-state index contributed by atoms with van der Waals surface area (Å²) in [4.78, 5) is 27.5. The van der Waals surface area contributed by atoms with Gasteiger partial charge < -0.3 is 15.5 Å². The Labute approximate surface area is 188 Å². The zero-order chi connectivity index (χ0) is 22.2. The molecule has 1 aromatic rings. The van der Waals surface area contributed by atoms with Crippen LogP contribution in [0.3, 0.4) is 0 Å². The molecule has 2 aliphatic rings. The largest absolute Gasteiger partial charge is 0.351 e. The van der Waals surface area contributed by atoms with Gasteiger partial charge in [0.1, 0.15) is 12.6 Å². The summed E-state index contributed by atoms with van der Waals surface area (Å²) >= 11 is 0. The third-order valence-electron chi connectivity index (χ3n) is 7.06. The first-order chi connectivity index (χ1) is 14.9. The summed E-state index contributed by atoms with van der Waals surface area (Å²) in [6, 6.07) is 10.4. The summed E-state index contributed by atoms with van der Waals surface area (Å²) in [6.07, 6.45) is 6.82. The molecule has 0 aromatic heterocycles. The molecule has 0 bridgehead atoms. The van der Waals surface area contributed by atoms with Gasteiger partial charge in [-0.05, 0) is 43.9 Å². The molecule has 0 spiro atoms. The van der Waals surface area contributed by atoms with E-state index in [2.05, 4.69) is 61.7 Å². The van der Waals surface area contributed by atoms with Crippen molar-refractivity contribution in [3.05, 3.63) is 35.9 Å². The van der Waals surface area contributed by atoms with Crippen LogP contribution < -0.4 is 15.5 Å². The molecule has 1 aromatic carbocycles. The molecule has 0 unspecified atom stereocenters. The third kappa shape index (κ3) is 7.64. The second-order valence-corrected chi connectivity index (χ2v) is 10.3. The maximum Gasteiger partial charge on any atom is 0.242 e. The average Bonchev–Trinajstić information content (AvgIpc) is 2.75. The topological polar surface area (TPSA) is 62.6 Å². The molecule has 5 nitrogen and oxygen atoms in total. The number of amides is 2. The van der Waals surface area contributed by atoms with E-state index in [1.54, 1.807) is 4.90 Å². The lowest BCUT2D eigenvalue weighted by Crippen LogP contribution is -3.12. The van der Waals surface area contributed by atoms with Gasteiger partial charge in [0.25, 0.3) is 0 Å². The van der Waals surface area contributed by atoms with E-state index in [-0.39, 0.29) is 23.8 Å². The molecular weight excluding hydrogens is 386 g/mol. The maximum atomic E-state index is 13.1. The van der Waals surface area contributed by atoms with Gasteiger partial charge in [-0.25, -0.2) is 0 Å². The molecule has 1 heterocycles. The smallest absolute Gasteiger partial charge is 0.242 e. The average molecular weight is 429 g/mol. The van der Waals surface area contributed by atoms with Crippen molar-refractivity contribution in [3.8, 4) is 0 Å². The summed E-state index contributed by atoms with van der Waals surface area (Å²) in [5.74, 6) is 1.23. The summed E-state index contributed by atoms with van der Waals surface area (Å²) in [5.41, 5.74) is 1.37. The molecule has 5 heteroatoms. The van der Waals surface area contributed by atoms with E-state index >= 15 is 0 Å². The van der Waals surface area contributed by atoms with Crippen molar-refractivity contribution >= 4 is 11.8 Å². The van der Waals surface area contributed by atoms with E-state index in [1.807, 2.05) is 0 Å². The predicted molar refractivity (Wildman–Crippen MR) is 125 cm³/mol. The van der Waals surface area contributed by atoms with Gasteiger partial charge in [-0.1, -0.05) is 51.1 Å². The highest BCUT2D eigenvalue weighted by atomic mass is 16.2. The van der Waals surface area contributed by atoms with Crippen molar-refractivity contribution in [2.45, 2.75) is 84.3 Å². The number of piperidine rings is 1. The van der Waals surface area contributed by atoms with Crippen molar-refractivity contribution in [2.75, 3.05) is 13.1 Å². The number of nitrogens with one attached hydrogen (secondary N) is 3. The van der Waals surface area contributed by atoms with Crippen LogP contribution in [-0.4, -0.2) is 37.0 Å². The first kappa shape index (κ1) is 23.8. The van der Waals surface area contributed by atoms with Crippen molar-refractivity contribution in [1.82, 2.24) is 10.6 Å². The fraction of sp³-hybridized carbons (Fsp3) is 0.692. The highest BCUT2D eigenvalue weighted by Gasteiger charge is 2.31. The van der Waals surface area contributed by atoms with Gasteiger partial charge >= 0.3 is 0 Å². The molecule has 1 saturated carbocycles. The van der Waals surface area contributed by atoms with Crippen LogP contribution in [0.1, 0.15) is 71.3 Å². The maximum absolute atomic E-state index is 13.1. The van der Waals surface area contributed by atoms with E-state index in [0.717, 1.165) is 58.2 Å². The van der Waals surface area contributed by atoms with E-state index in [1.165, 1.54) is 5.56 Å². The van der Waals surface area contributed by atoms with Crippen LogP contribution in [0.15, 0.2) is 30.3 Å². The molecule has 1 aliphatic carbocycles. The molecule has 1 saturated heterocycles. The van der Waals surface area contributed by atoms with Crippen LogP contribution >= 0.6 is 0 Å². The minimum Gasteiger partial charge on any atom is -0.351 e. The van der Waals surface area contributed by atoms with Crippen LogP contribution in [0.4, 0.5) is 0 Å². The van der Waals surface area contributed by atoms with E-state index in [9.17, 15) is 9.59 Å². The van der Waals surface area contributed by atoms with Gasteiger partial charge in [-0.15, -0.1) is 0 Å². The van der Waals surface area contributed by atoms with Crippen molar-refractivity contribution in [2.24, 2.45) is 17.8 Å². The van der Waals surface area contributed by atoms with Gasteiger partial charge in [-0.3, -0.25) is 9.59 Å². The Kier molecular flexibility index (Phi) is 8.94. The number of likely N-dealkylation sites (tertiary alicyclic amines) is 1. The molecule has 1 atom stereocenters. The zero-order valence-electron chi connectivity index (χ0n) is 19.7. The first-order valence-electron chi connectivity index (χ1n) is 12.4. The molecule has 1 aliphatic heterocycles. The van der Waals surface area contributed by atoms with Gasteiger partial charge in [-0.2, -0.15) is 0 Å². The molecule has 0 radical (unpaired) electrons. The van der Waals surface area contributed by atoms with E-state index < -0.39 is 6.04 Å². The number of quaternary nitrogens is 1. The Morgan fingerprint density at radius 1 is 1.00 bits per heavy atom. The minimum atomic E-state index is -0.415. The number of carbonyl (C=O) groups excluding carboxylic acids is 2. The lowest BCUT2D eigenvalue weighted by molar-refractivity contribution is -0.918. The lowest BCUT2D eigenvalue weighted by atomic mass is 9.82. The Morgan fingerprint density at radius 3 is 2.26 bits per heavy atom. The molecule has 3 N–H and O–H groups in total. The predicted octanol–water partition coefficient (Wildman–Crippen LogP) is 2.71.